The Balaban J connectivity index is 3.10. The Morgan fingerprint density at radius 1 is 0.714 bits per heavy atom. The maximum atomic E-state index is 5.27. The number of guanidine groups is 1. The standard InChI is InChI=1S/C18H37N3/c1-2-3-4-5-6-7-8-9-10-11-12-13-14-15-16-17-21-18(19)20/h9-10H,2-8,11-17H2,1H3,(H4,19,20,21)/b10-9-. The number of allylic oxidation sites excluding steroid dienone is 2. The third-order valence-electron chi connectivity index (χ3n) is 3.71. The van der Waals surface area contributed by atoms with Crippen molar-refractivity contribution < 1.29 is 0 Å². The number of nitrogens with two attached hydrogens (primary N) is 2. The first-order valence-corrected chi connectivity index (χ1v) is 8.97. The van der Waals surface area contributed by atoms with E-state index in [9.17, 15) is 0 Å². The second kappa shape index (κ2) is 17.1. The SMILES string of the molecule is CCCCCCCC/C=C\CCCCCCCN=C(N)N. The minimum Gasteiger partial charge on any atom is -0.370 e. The number of hydrogen-bond donors (Lipinski definition) is 2. The number of rotatable bonds is 15. The van der Waals surface area contributed by atoms with E-state index >= 15 is 0 Å². The highest BCUT2D eigenvalue weighted by molar-refractivity contribution is 5.75. The summed E-state index contributed by atoms with van der Waals surface area (Å²) in [6.45, 7) is 3.05. The van der Waals surface area contributed by atoms with E-state index in [4.69, 9.17) is 11.5 Å². The van der Waals surface area contributed by atoms with E-state index in [0.717, 1.165) is 13.0 Å². The number of unbranched alkanes of at least 4 members (excludes halogenated alkanes) is 11. The van der Waals surface area contributed by atoms with E-state index in [1.54, 1.807) is 0 Å². The van der Waals surface area contributed by atoms with Gasteiger partial charge in [-0.05, 0) is 32.1 Å². The van der Waals surface area contributed by atoms with Gasteiger partial charge in [0.15, 0.2) is 5.96 Å². The van der Waals surface area contributed by atoms with Gasteiger partial charge in [0, 0.05) is 6.54 Å². The second-order valence-corrected chi connectivity index (χ2v) is 5.89. The van der Waals surface area contributed by atoms with Crippen molar-refractivity contribution in [3.05, 3.63) is 12.2 Å². The number of hydrogen-bond acceptors (Lipinski definition) is 1. The normalized spacial score (nSPS) is 11.1. The Bertz CT molecular complexity index is 255. The van der Waals surface area contributed by atoms with Crippen LogP contribution in [0.5, 0.6) is 0 Å². The Kier molecular flexibility index (Phi) is 16.3. The summed E-state index contributed by atoms with van der Waals surface area (Å²) in [6.07, 6.45) is 21.9. The predicted molar refractivity (Wildman–Crippen MR) is 95.5 cm³/mol. The third-order valence-corrected chi connectivity index (χ3v) is 3.71. The zero-order chi connectivity index (χ0) is 15.6. The molecule has 0 aliphatic heterocycles. The van der Waals surface area contributed by atoms with E-state index in [2.05, 4.69) is 24.1 Å². The Morgan fingerprint density at radius 2 is 1.19 bits per heavy atom. The van der Waals surface area contributed by atoms with Gasteiger partial charge in [0.1, 0.15) is 0 Å². The van der Waals surface area contributed by atoms with Gasteiger partial charge in [-0.3, -0.25) is 4.99 Å². The molecule has 0 rings (SSSR count). The number of aliphatic imine (C=N–C) groups is 1. The summed E-state index contributed by atoms with van der Waals surface area (Å²) >= 11 is 0. The van der Waals surface area contributed by atoms with E-state index in [1.807, 2.05) is 0 Å². The molecular formula is C18H37N3. The van der Waals surface area contributed by atoms with Crippen LogP contribution in [0.25, 0.3) is 0 Å². The maximum absolute atomic E-state index is 5.27. The molecule has 0 aliphatic rings. The van der Waals surface area contributed by atoms with Gasteiger partial charge in [-0.15, -0.1) is 0 Å². The molecule has 0 unspecified atom stereocenters. The van der Waals surface area contributed by atoms with Gasteiger partial charge in [0.05, 0.1) is 0 Å². The second-order valence-electron chi connectivity index (χ2n) is 5.89. The van der Waals surface area contributed by atoms with Crippen molar-refractivity contribution in [3.63, 3.8) is 0 Å². The lowest BCUT2D eigenvalue weighted by Crippen LogP contribution is -2.22. The minimum absolute atomic E-state index is 0.213. The van der Waals surface area contributed by atoms with Crippen LogP contribution in [0.3, 0.4) is 0 Å². The maximum Gasteiger partial charge on any atom is 0.185 e. The lowest BCUT2D eigenvalue weighted by atomic mass is 10.1. The van der Waals surface area contributed by atoms with Crippen LogP contribution >= 0.6 is 0 Å². The molecule has 0 aromatic heterocycles. The van der Waals surface area contributed by atoms with Crippen LogP contribution in [0.4, 0.5) is 0 Å². The van der Waals surface area contributed by atoms with Gasteiger partial charge in [-0.2, -0.15) is 0 Å². The molecule has 3 nitrogen and oxygen atoms in total. The predicted octanol–water partition coefficient (Wildman–Crippen LogP) is 4.91. The van der Waals surface area contributed by atoms with Crippen LogP contribution in [0.2, 0.25) is 0 Å². The van der Waals surface area contributed by atoms with Crippen molar-refractivity contribution in [2.24, 2.45) is 16.5 Å². The molecular weight excluding hydrogens is 258 g/mol. The van der Waals surface area contributed by atoms with Gasteiger partial charge >= 0.3 is 0 Å². The molecule has 0 spiro atoms. The fraction of sp³-hybridized carbons (Fsp3) is 0.833. The van der Waals surface area contributed by atoms with Crippen molar-refractivity contribution in [3.8, 4) is 0 Å². The highest BCUT2D eigenvalue weighted by atomic mass is 15.0. The van der Waals surface area contributed by atoms with Crippen LogP contribution in [0.15, 0.2) is 17.1 Å². The summed E-state index contributed by atoms with van der Waals surface area (Å²) in [6, 6.07) is 0. The summed E-state index contributed by atoms with van der Waals surface area (Å²) < 4.78 is 0. The molecule has 0 amide bonds. The molecule has 0 fully saturated rings. The van der Waals surface area contributed by atoms with Crippen LogP contribution < -0.4 is 11.5 Å². The monoisotopic (exact) mass is 295 g/mol. The molecule has 0 heterocycles. The average Bonchev–Trinajstić information content (AvgIpc) is 2.46. The van der Waals surface area contributed by atoms with Crippen LogP contribution in [-0.4, -0.2) is 12.5 Å². The molecule has 0 aliphatic carbocycles. The fourth-order valence-electron chi connectivity index (χ4n) is 2.39. The van der Waals surface area contributed by atoms with Crippen molar-refractivity contribution in [2.45, 2.75) is 90.4 Å². The molecule has 21 heavy (non-hydrogen) atoms. The smallest absolute Gasteiger partial charge is 0.185 e. The van der Waals surface area contributed by atoms with Crippen LogP contribution in [0.1, 0.15) is 90.4 Å². The van der Waals surface area contributed by atoms with Crippen LogP contribution in [-0.2, 0) is 0 Å². The largest absolute Gasteiger partial charge is 0.370 e. The zero-order valence-electron chi connectivity index (χ0n) is 14.2. The van der Waals surface area contributed by atoms with E-state index < -0.39 is 0 Å². The van der Waals surface area contributed by atoms with E-state index in [0.29, 0.717) is 0 Å². The first kappa shape index (κ1) is 20.0. The van der Waals surface area contributed by atoms with Gasteiger partial charge in [-0.25, -0.2) is 0 Å². The van der Waals surface area contributed by atoms with E-state index in [1.165, 1.54) is 77.0 Å². The Labute approximate surface area is 132 Å². The molecule has 0 atom stereocenters. The first-order valence-electron chi connectivity index (χ1n) is 8.97. The molecule has 0 saturated heterocycles. The molecule has 4 N–H and O–H groups in total. The molecule has 3 heteroatoms. The molecule has 124 valence electrons. The van der Waals surface area contributed by atoms with Crippen molar-refractivity contribution in [1.82, 2.24) is 0 Å². The molecule has 0 saturated carbocycles. The first-order chi connectivity index (χ1) is 10.3. The molecule has 0 radical (unpaired) electrons. The molecule has 0 aromatic carbocycles. The highest BCUT2D eigenvalue weighted by Gasteiger charge is 1.90. The lowest BCUT2D eigenvalue weighted by Gasteiger charge is -1.99. The van der Waals surface area contributed by atoms with Gasteiger partial charge in [0.2, 0.25) is 0 Å². The average molecular weight is 296 g/mol. The lowest BCUT2D eigenvalue weighted by molar-refractivity contribution is 0.609. The third kappa shape index (κ3) is 19.0. The number of nitrogens with zero attached hydrogens (tertiary/aromatic N) is 1. The Morgan fingerprint density at radius 3 is 1.71 bits per heavy atom. The molecule has 0 bridgehead atoms. The minimum atomic E-state index is 0.213. The molecule has 0 aromatic rings. The summed E-state index contributed by atoms with van der Waals surface area (Å²) in [7, 11) is 0. The van der Waals surface area contributed by atoms with Crippen molar-refractivity contribution in [2.75, 3.05) is 6.54 Å². The van der Waals surface area contributed by atoms with Gasteiger partial charge in [-0.1, -0.05) is 70.4 Å². The fourth-order valence-corrected chi connectivity index (χ4v) is 2.39. The quantitative estimate of drug-likeness (QED) is 0.195. The van der Waals surface area contributed by atoms with Crippen LogP contribution in [0, 0.1) is 0 Å². The van der Waals surface area contributed by atoms with Gasteiger partial charge in [0.25, 0.3) is 0 Å². The van der Waals surface area contributed by atoms with Gasteiger partial charge < -0.3 is 11.5 Å². The summed E-state index contributed by atoms with van der Waals surface area (Å²) in [5.74, 6) is 0.213. The topological polar surface area (TPSA) is 64.4 Å². The van der Waals surface area contributed by atoms with E-state index in [-0.39, 0.29) is 5.96 Å². The summed E-state index contributed by atoms with van der Waals surface area (Å²) in [5.41, 5.74) is 10.5. The highest BCUT2D eigenvalue weighted by Crippen LogP contribution is 2.09. The van der Waals surface area contributed by atoms with Crippen molar-refractivity contribution in [1.29, 1.82) is 0 Å². The summed E-state index contributed by atoms with van der Waals surface area (Å²) in [5, 5.41) is 0. The van der Waals surface area contributed by atoms with Crippen molar-refractivity contribution >= 4 is 5.96 Å². The zero-order valence-corrected chi connectivity index (χ0v) is 14.2. The summed E-state index contributed by atoms with van der Waals surface area (Å²) in [4.78, 5) is 3.98. The Hall–Kier alpha value is -0.990.